The maximum absolute atomic E-state index is 6.00. The molecule has 3 nitrogen and oxygen atoms in total. The van der Waals surface area contributed by atoms with Crippen molar-refractivity contribution in [3.63, 3.8) is 0 Å². The molecule has 0 fully saturated rings. The van der Waals surface area contributed by atoms with E-state index >= 15 is 0 Å². The Morgan fingerprint density at radius 1 is 1.40 bits per heavy atom. The van der Waals surface area contributed by atoms with E-state index in [2.05, 4.69) is 0 Å². The third kappa shape index (κ3) is 3.36. The van der Waals surface area contributed by atoms with Crippen LogP contribution < -0.4 is 9.57 Å². The van der Waals surface area contributed by atoms with Gasteiger partial charge in [-0.25, -0.2) is 0 Å². The van der Waals surface area contributed by atoms with Crippen molar-refractivity contribution in [3.8, 4) is 0 Å². The third-order valence-corrected chi connectivity index (χ3v) is 2.65. The molecule has 1 aromatic rings. The zero-order valence-electron chi connectivity index (χ0n) is 9.42. The minimum atomic E-state index is 0.715. The van der Waals surface area contributed by atoms with Gasteiger partial charge in [-0.15, -0.1) is 0 Å². The minimum absolute atomic E-state index is 0.715. The Kier molecular flexibility index (Phi) is 4.85. The largest absolute Gasteiger partial charge is 0.385 e. The lowest BCUT2D eigenvalue weighted by Gasteiger charge is -2.03. The highest BCUT2D eigenvalue weighted by Crippen LogP contribution is 2.13. The van der Waals surface area contributed by atoms with Gasteiger partial charge in [-0.2, -0.15) is 0 Å². The fourth-order valence-electron chi connectivity index (χ4n) is 1.42. The standard InChI is InChI=1S/C11H17ClNO2/c1-9-7-10(5-4-6-14-2)13(15-3)8-11(9)12/h7-8H,4-6H2,1-3H3/q+1. The molecule has 0 amide bonds. The molecule has 0 aliphatic heterocycles. The van der Waals surface area contributed by atoms with E-state index in [4.69, 9.17) is 21.2 Å². The van der Waals surface area contributed by atoms with Crippen molar-refractivity contribution in [1.29, 1.82) is 0 Å². The number of aryl methyl sites for hydroxylation is 2. The molecule has 15 heavy (non-hydrogen) atoms. The van der Waals surface area contributed by atoms with Crippen LogP contribution in [0.25, 0.3) is 0 Å². The smallest absolute Gasteiger partial charge is 0.241 e. The highest BCUT2D eigenvalue weighted by molar-refractivity contribution is 6.31. The lowest BCUT2D eigenvalue weighted by atomic mass is 10.2. The normalized spacial score (nSPS) is 10.4. The monoisotopic (exact) mass is 230 g/mol. The molecule has 0 aromatic carbocycles. The molecule has 0 aliphatic rings. The molecule has 1 heterocycles. The minimum Gasteiger partial charge on any atom is -0.385 e. The van der Waals surface area contributed by atoms with Gasteiger partial charge >= 0.3 is 0 Å². The summed E-state index contributed by atoms with van der Waals surface area (Å²) in [5.41, 5.74) is 2.17. The molecule has 1 rings (SSSR count). The van der Waals surface area contributed by atoms with Gasteiger partial charge in [0.1, 0.15) is 12.1 Å². The lowest BCUT2D eigenvalue weighted by molar-refractivity contribution is -0.890. The topological polar surface area (TPSA) is 22.3 Å². The van der Waals surface area contributed by atoms with Gasteiger partial charge in [-0.05, 0) is 18.9 Å². The Labute approximate surface area is 95.5 Å². The van der Waals surface area contributed by atoms with Gasteiger partial charge in [0.05, 0.1) is 0 Å². The second-order valence-electron chi connectivity index (χ2n) is 3.40. The molecule has 0 aliphatic carbocycles. The van der Waals surface area contributed by atoms with Crippen LogP contribution in [0.4, 0.5) is 0 Å². The van der Waals surface area contributed by atoms with Crippen molar-refractivity contribution < 1.29 is 14.3 Å². The number of ether oxygens (including phenoxy) is 1. The van der Waals surface area contributed by atoms with E-state index in [0.29, 0.717) is 5.02 Å². The van der Waals surface area contributed by atoms with Gasteiger partial charge in [-0.1, -0.05) is 11.6 Å². The summed E-state index contributed by atoms with van der Waals surface area (Å²) in [6.07, 6.45) is 3.68. The Balaban J connectivity index is 2.80. The average molecular weight is 231 g/mol. The summed E-state index contributed by atoms with van der Waals surface area (Å²) in [6.45, 7) is 2.74. The maximum Gasteiger partial charge on any atom is 0.241 e. The van der Waals surface area contributed by atoms with Gasteiger partial charge in [0.15, 0.2) is 0 Å². The van der Waals surface area contributed by atoms with Crippen molar-refractivity contribution in [2.45, 2.75) is 19.8 Å². The van der Waals surface area contributed by atoms with Gasteiger partial charge in [0.25, 0.3) is 0 Å². The number of hydrogen-bond acceptors (Lipinski definition) is 2. The fourth-order valence-corrected chi connectivity index (χ4v) is 1.56. The summed E-state index contributed by atoms with van der Waals surface area (Å²) in [5.74, 6) is 0. The Morgan fingerprint density at radius 2 is 2.13 bits per heavy atom. The van der Waals surface area contributed by atoms with Crippen molar-refractivity contribution in [3.05, 3.63) is 28.5 Å². The SMILES string of the molecule is COCCCc1cc(C)c(Cl)c[n+]1OC. The summed E-state index contributed by atoms with van der Waals surface area (Å²) in [5, 5.41) is 0.715. The first-order valence-electron chi connectivity index (χ1n) is 4.93. The second-order valence-corrected chi connectivity index (χ2v) is 3.81. The maximum atomic E-state index is 6.00. The van der Waals surface area contributed by atoms with Crippen molar-refractivity contribution in [1.82, 2.24) is 0 Å². The van der Waals surface area contributed by atoms with Gasteiger partial charge in [0, 0.05) is 30.9 Å². The van der Waals surface area contributed by atoms with E-state index in [1.807, 2.05) is 13.0 Å². The van der Waals surface area contributed by atoms with E-state index < -0.39 is 0 Å². The fraction of sp³-hybridized carbons (Fsp3) is 0.545. The van der Waals surface area contributed by atoms with E-state index in [1.165, 1.54) is 0 Å². The number of nitrogens with zero attached hydrogens (tertiary/aromatic N) is 1. The van der Waals surface area contributed by atoms with Gasteiger partial charge in [-0.3, -0.25) is 4.84 Å². The molecule has 0 unspecified atom stereocenters. The first-order valence-corrected chi connectivity index (χ1v) is 5.31. The van der Waals surface area contributed by atoms with Crippen LogP contribution >= 0.6 is 11.6 Å². The first kappa shape index (κ1) is 12.3. The summed E-state index contributed by atoms with van der Waals surface area (Å²) in [7, 11) is 3.34. The Bertz CT molecular complexity index is 329. The van der Waals surface area contributed by atoms with Crippen LogP contribution in [0.15, 0.2) is 12.3 Å². The zero-order chi connectivity index (χ0) is 11.3. The predicted octanol–water partition coefficient (Wildman–Crippen LogP) is 1.57. The Hall–Kier alpha value is -0.800. The molecular formula is C11H17ClNO2+. The zero-order valence-corrected chi connectivity index (χ0v) is 10.2. The molecule has 0 N–H and O–H groups in total. The molecule has 0 atom stereocenters. The highest BCUT2D eigenvalue weighted by Gasteiger charge is 2.14. The van der Waals surface area contributed by atoms with E-state index in [-0.39, 0.29) is 0 Å². The highest BCUT2D eigenvalue weighted by atomic mass is 35.5. The summed E-state index contributed by atoms with van der Waals surface area (Å²) in [6, 6.07) is 2.04. The van der Waals surface area contributed by atoms with Gasteiger partial charge in [0.2, 0.25) is 11.9 Å². The summed E-state index contributed by atoms with van der Waals surface area (Å²) >= 11 is 6.00. The van der Waals surface area contributed by atoms with E-state index in [1.54, 1.807) is 25.1 Å². The van der Waals surface area contributed by atoms with E-state index in [9.17, 15) is 0 Å². The lowest BCUT2D eigenvalue weighted by Crippen LogP contribution is -2.44. The van der Waals surface area contributed by atoms with Crippen LogP contribution in [0.3, 0.4) is 0 Å². The van der Waals surface area contributed by atoms with Crippen LogP contribution in [0.1, 0.15) is 17.7 Å². The van der Waals surface area contributed by atoms with Crippen molar-refractivity contribution in [2.75, 3.05) is 20.8 Å². The van der Waals surface area contributed by atoms with E-state index in [0.717, 1.165) is 30.7 Å². The molecule has 0 spiro atoms. The molecule has 1 aromatic heterocycles. The van der Waals surface area contributed by atoms with Gasteiger partial charge < -0.3 is 4.74 Å². The van der Waals surface area contributed by atoms with Crippen LogP contribution in [0.5, 0.6) is 0 Å². The molecular weight excluding hydrogens is 214 g/mol. The molecule has 4 heteroatoms. The number of pyridine rings is 1. The number of halogens is 1. The van der Waals surface area contributed by atoms with Crippen LogP contribution in [-0.2, 0) is 11.2 Å². The van der Waals surface area contributed by atoms with Crippen molar-refractivity contribution in [2.24, 2.45) is 0 Å². The first-order chi connectivity index (χ1) is 7.19. The molecule has 84 valence electrons. The van der Waals surface area contributed by atoms with Crippen LogP contribution in [0, 0.1) is 6.92 Å². The number of aromatic nitrogens is 1. The van der Waals surface area contributed by atoms with Crippen molar-refractivity contribution >= 4 is 11.6 Å². The summed E-state index contributed by atoms with van der Waals surface area (Å²) < 4.78 is 6.71. The number of methoxy groups -OCH3 is 1. The van der Waals surface area contributed by atoms with Crippen LogP contribution in [-0.4, -0.2) is 20.8 Å². The number of hydrogen-bond donors (Lipinski definition) is 0. The quantitative estimate of drug-likeness (QED) is 0.566. The number of rotatable bonds is 5. The van der Waals surface area contributed by atoms with Crippen LogP contribution in [0.2, 0.25) is 5.02 Å². The predicted molar refractivity (Wildman–Crippen MR) is 59.1 cm³/mol. The molecule has 0 radical (unpaired) electrons. The average Bonchev–Trinajstić information content (AvgIpc) is 2.23. The molecule has 0 bridgehead atoms. The summed E-state index contributed by atoms with van der Waals surface area (Å²) in [4.78, 5) is 5.20. The molecule has 0 saturated carbocycles. The second kappa shape index (κ2) is 5.93. The molecule has 0 saturated heterocycles. The Morgan fingerprint density at radius 3 is 2.73 bits per heavy atom. The third-order valence-electron chi connectivity index (χ3n) is 2.25.